The quantitative estimate of drug-likeness (QED) is 0.806. The summed E-state index contributed by atoms with van der Waals surface area (Å²) in [5.74, 6) is 0.798. The normalized spacial score (nSPS) is 14.1. The lowest BCUT2D eigenvalue weighted by Crippen LogP contribution is -2.35. The molecule has 1 amide bonds. The van der Waals surface area contributed by atoms with E-state index < -0.39 is 0 Å². The number of carbonyl (C=O) groups is 1. The smallest absolute Gasteiger partial charge is 0.261 e. The fourth-order valence-electron chi connectivity index (χ4n) is 2.06. The van der Waals surface area contributed by atoms with Gasteiger partial charge < -0.3 is 4.90 Å². The molecule has 0 unspecified atom stereocenters. The molecule has 1 aliphatic rings. The Morgan fingerprint density at radius 3 is 3.00 bits per heavy atom. The third kappa shape index (κ3) is 2.33. The molecular formula is C14H11ClN2OS. The SMILES string of the molecule is O=C(c1cnccc1Cl)N1CCSc2ccccc21. The molecule has 2 aromatic rings. The highest BCUT2D eigenvalue weighted by Gasteiger charge is 2.25. The van der Waals surface area contributed by atoms with Crippen LogP contribution in [-0.2, 0) is 0 Å². The molecule has 1 aromatic carbocycles. The number of nitrogens with zero attached hydrogens (tertiary/aromatic N) is 2. The number of thioether (sulfide) groups is 1. The van der Waals surface area contributed by atoms with Gasteiger partial charge in [0, 0.05) is 29.6 Å². The Morgan fingerprint density at radius 2 is 2.16 bits per heavy atom. The van der Waals surface area contributed by atoms with E-state index in [-0.39, 0.29) is 5.91 Å². The first-order chi connectivity index (χ1) is 9.27. The third-order valence-corrected chi connectivity index (χ3v) is 4.34. The zero-order valence-electron chi connectivity index (χ0n) is 10.0. The Balaban J connectivity index is 2.00. The fraction of sp³-hybridized carbons (Fsp3) is 0.143. The molecule has 19 heavy (non-hydrogen) atoms. The number of pyridine rings is 1. The van der Waals surface area contributed by atoms with E-state index in [0.29, 0.717) is 17.1 Å². The summed E-state index contributed by atoms with van der Waals surface area (Å²) in [5.41, 5.74) is 1.40. The minimum absolute atomic E-state index is 0.0918. The molecule has 0 saturated carbocycles. The standard InChI is InChI=1S/C14H11ClN2OS/c15-11-5-6-16-9-10(11)14(18)17-7-8-19-13-4-2-1-3-12(13)17/h1-6,9H,7-8H2. The average Bonchev–Trinajstić information content (AvgIpc) is 2.46. The van der Waals surface area contributed by atoms with Gasteiger partial charge in [0.25, 0.3) is 5.91 Å². The van der Waals surface area contributed by atoms with Gasteiger partial charge in [0.05, 0.1) is 16.3 Å². The van der Waals surface area contributed by atoms with Crippen LogP contribution >= 0.6 is 23.4 Å². The Hall–Kier alpha value is -1.52. The highest BCUT2D eigenvalue weighted by Crippen LogP contribution is 2.35. The second-order valence-electron chi connectivity index (χ2n) is 4.13. The van der Waals surface area contributed by atoms with E-state index in [4.69, 9.17) is 11.6 Å². The number of anilines is 1. The van der Waals surface area contributed by atoms with Crippen molar-refractivity contribution < 1.29 is 4.79 Å². The van der Waals surface area contributed by atoms with Crippen molar-refractivity contribution in [2.24, 2.45) is 0 Å². The monoisotopic (exact) mass is 290 g/mol. The maximum atomic E-state index is 12.6. The number of rotatable bonds is 1. The third-order valence-electron chi connectivity index (χ3n) is 2.97. The predicted molar refractivity (Wildman–Crippen MR) is 78.1 cm³/mol. The van der Waals surface area contributed by atoms with E-state index >= 15 is 0 Å². The van der Waals surface area contributed by atoms with Gasteiger partial charge in [-0.3, -0.25) is 9.78 Å². The predicted octanol–water partition coefficient (Wildman–Crippen LogP) is 3.49. The lowest BCUT2D eigenvalue weighted by atomic mass is 10.2. The van der Waals surface area contributed by atoms with Crippen LogP contribution in [0.1, 0.15) is 10.4 Å². The molecule has 3 rings (SSSR count). The van der Waals surface area contributed by atoms with Gasteiger partial charge in [-0.05, 0) is 18.2 Å². The van der Waals surface area contributed by atoms with Gasteiger partial charge in [0.15, 0.2) is 0 Å². The molecule has 0 N–H and O–H groups in total. The van der Waals surface area contributed by atoms with Crippen molar-refractivity contribution in [3.05, 3.63) is 53.3 Å². The van der Waals surface area contributed by atoms with Crippen LogP contribution in [0.2, 0.25) is 5.02 Å². The lowest BCUT2D eigenvalue weighted by molar-refractivity contribution is 0.0987. The van der Waals surface area contributed by atoms with Crippen LogP contribution in [0.3, 0.4) is 0 Å². The van der Waals surface area contributed by atoms with Crippen LogP contribution in [0, 0.1) is 0 Å². The summed E-state index contributed by atoms with van der Waals surface area (Å²) in [7, 11) is 0. The van der Waals surface area contributed by atoms with Crippen LogP contribution in [0.5, 0.6) is 0 Å². The highest BCUT2D eigenvalue weighted by molar-refractivity contribution is 7.99. The molecule has 0 atom stereocenters. The van der Waals surface area contributed by atoms with Crippen LogP contribution in [0.4, 0.5) is 5.69 Å². The van der Waals surface area contributed by atoms with Crippen molar-refractivity contribution in [2.45, 2.75) is 4.90 Å². The Morgan fingerprint density at radius 1 is 1.32 bits per heavy atom. The van der Waals surface area contributed by atoms with Crippen LogP contribution in [0.15, 0.2) is 47.6 Å². The molecule has 0 fully saturated rings. The van der Waals surface area contributed by atoms with E-state index in [1.54, 1.807) is 28.9 Å². The van der Waals surface area contributed by atoms with Crippen molar-refractivity contribution in [3.63, 3.8) is 0 Å². The highest BCUT2D eigenvalue weighted by atomic mass is 35.5. The van der Waals surface area contributed by atoms with E-state index in [0.717, 1.165) is 16.3 Å². The van der Waals surface area contributed by atoms with Crippen LogP contribution in [-0.4, -0.2) is 23.2 Å². The van der Waals surface area contributed by atoms with Gasteiger partial charge in [-0.25, -0.2) is 0 Å². The molecule has 1 aromatic heterocycles. The maximum absolute atomic E-state index is 12.6. The van der Waals surface area contributed by atoms with E-state index in [9.17, 15) is 4.79 Å². The second kappa shape index (κ2) is 5.23. The van der Waals surface area contributed by atoms with Gasteiger partial charge in [-0.2, -0.15) is 0 Å². The van der Waals surface area contributed by atoms with Gasteiger partial charge in [0.2, 0.25) is 0 Å². The van der Waals surface area contributed by atoms with Gasteiger partial charge >= 0.3 is 0 Å². The molecule has 0 saturated heterocycles. The van der Waals surface area contributed by atoms with Crippen LogP contribution in [0.25, 0.3) is 0 Å². The summed E-state index contributed by atoms with van der Waals surface area (Å²) >= 11 is 7.84. The number of hydrogen-bond donors (Lipinski definition) is 0. The molecule has 3 nitrogen and oxygen atoms in total. The zero-order chi connectivity index (χ0) is 13.2. The van der Waals surface area contributed by atoms with Crippen molar-refractivity contribution in [2.75, 3.05) is 17.2 Å². The molecule has 2 heterocycles. The first kappa shape index (κ1) is 12.5. The van der Waals surface area contributed by atoms with Gasteiger partial charge in [0.1, 0.15) is 0 Å². The fourth-order valence-corrected chi connectivity index (χ4v) is 3.24. The number of halogens is 1. The lowest BCUT2D eigenvalue weighted by Gasteiger charge is -2.29. The first-order valence-electron chi connectivity index (χ1n) is 5.90. The van der Waals surface area contributed by atoms with Crippen molar-refractivity contribution in [3.8, 4) is 0 Å². The Kier molecular flexibility index (Phi) is 3.44. The summed E-state index contributed by atoms with van der Waals surface area (Å²) in [5, 5.41) is 0.440. The molecule has 5 heteroatoms. The molecule has 0 aliphatic carbocycles. The molecule has 0 radical (unpaired) electrons. The summed E-state index contributed by atoms with van der Waals surface area (Å²) in [6, 6.07) is 9.56. The molecular weight excluding hydrogens is 280 g/mol. The van der Waals surface area contributed by atoms with Gasteiger partial charge in [-0.15, -0.1) is 11.8 Å². The number of fused-ring (bicyclic) bond motifs is 1. The topological polar surface area (TPSA) is 33.2 Å². The van der Waals surface area contributed by atoms with Gasteiger partial charge in [-0.1, -0.05) is 23.7 Å². The number of aromatic nitrogens is 1. The summed E-state index contributed by atoms with van der Waals surface area (Å²) in [6.07, 6.45) is 3.11. The minimum atomic E-state index is -0.0918. The number of hydrogen-bond acceptors (Lipinski definition) is 3. The average molecular weight is 291 g/mol. The first-order valence-corrected chi connectivity index (χ1v) is 7.27. The second-order valence-corrected chi connectivity index (χ2v) is 5.67. The number of benzene rings is 1. The Bertz CT molecular complexity index is 632. The molecule has 1 aliphatic heterocycles. The summed E-state index contributed by atoms with van der Waals surface area (Å²) in [4.78, 5) is 19.5. The van der Waals surface area contributed by atoms with Crippen molar-refractivity contribution >= 4 is 35.0 Å². The summed E-state index contributed by atoms with van der Waals surface area (Å²) < 4.78 is 0. The Labute approximate surface area is 120 Å². The van der Waals surface area contributed by atoms with E-state index in [1.165, 1.54) is 6.20 Å². The van der Waals surface area contributed by atoms with Crippen LogP contribution < -0.4 is 4.90 Å². The van der Waals surface area contributed by atoms with E-state index in [1.807, 2.05) is 24.3 Å². The summed E-state index contributed by atoms with van der Waals surface area (Å²) in [6.45, 7) is 0.686. The molecule has 0 spiro atoms. The number of amides is 1. The maximum Gasteiger partial charge on any atom is 0.261 e. The van der Waals surface area contributed by atoms with E-state index in [2.05, 4.69) is 4.98 Å². The number of para-hydroxylation sites is 1. The van der Waals surface area contributed by atoms with Crippen molar-refractivity contribution in [1.82, 2.24) is 4.98 Å². The molecule has 0 bridgehead atoms. The van der Waals surface area contributed by atoms with Crippen molar-refractivity contribution in [1.29, 1.82) is 0 Å². The zero-order valence-corrected chi connectivity index (χ0v) is 11.6. The minimum Gasteiger partial charge on any atom is -0.306 e. The number of carbonyl (C=O) groups excluding carboxylic acids is 1. The largest absolute Gasteiger partial charge is 0.306 e. The molecule has 96 valence electrons.